The number of amides is 1. The van der Waals surface area contributed by atoms with Gasteiger partial charge in [0.15, 0.2) is 0 Å². The molecule has 26 heavy (non-hydrogen) atoms. The van der Waals surface area contributed by atoms with Crippen LogP contribution in [0.1, 0.15) is 48.5 Å². The molecule has 0 radical (unpaired) electrons. The maximum Gasteiger partial charge on any atom is 0.255 e. The number of piperidine rings is 1. The van der Waals surface area contributed by atoms with Gasteiger partial charge in [-0.15, -0.1) is 0 Å². The summed E-state index contributed by atoms with van der Waals surface area (Å²) >= 11 is 0. The van der Waals surface area contributed by atoms with E-state index in [-0.39, 0.29) is 11.5 Å². The largest absolute Gasteiger partial charge is 0.384 e. The predicted octanol–water partition coefficient (Wildman–Crippen LogP) is 2.76. The average Bonchev–Trinajstić information content (AvgIpc) is 2.68. The number of fused-ring (bicyclic) bond motifs is 1. The molecule has 0 aliphatic carbocycles. The minimum Gasteiger partial charge on any atom is -0.384 e. The van der Waals surface area contributed by atoms with Gasteiger partial charge in [-0.3, -0.25) is 9.69 Å². The fourth-order valence-corrected chi connectivity index (χ4v) is 4.71. The number of para-hydroxylation sites is 1. The van der Waals surface area contributed by atoms with Crippen LogP contribution in [0.2, 0.25) is 0 Å². The number of carbonyl (C=O) groups excluding carboxylic acids is 1. The number of anilines is 1. The van der Waals surface area contributed by atoms with Crippen LogP contribution >= 0.6 is 0 Å². The lowest BCUT2D eigenvalue weighted by Gasteiger charge is -2.47. The molecule has 2 saturated heterocycles. The van der Waals surface area contributed by atoms with Gasteiger partial charge in [-0.25, -0.2) is 0 Å². The SMILES string of the molecule is CCCN1CCOC2(CCN(C(=O)c3cccc4c3NCCC4)CC2)C1. The Morgan fingerprint density at radius 1 is 1.27 bits per heavy atom. The molecule has 0 saturated carbocycles. The topological polar surface area (TPSA) is 44.8 Å². The number of nitrogens with one attached hydrogen (secondary N) is 1. The van der Waals surface area contributed by atoms with E-state index in [4.69, 9.17) is 4.74 Å². The Morgan fingerprint density at radius 2 is 2.12 bits per heavy atom. The van der Waals surface area contributed by atoms with Crippen LogP contribution in [0.3, 0.4) is 0 Å². The standard InChI is InChI=1S/C21H31N3O2/c1-2-11-23-14-15-26-21(16-23)8-12-24(13-9-21)20(25)18-7-3-5-17-6-4-10-22-19(17)18/h3,5,7,22H,2,4,6,8-16H2,1H3. The maximum atomic E-state index is 13.1. The van der Waals surface area contributed by atoms with Crippen molar-refractivity contribution in [2.75, 3.05) is 51.2 Å². The molecular formula is C21H31N3O2. The zero-order valence-electron chi connectivity index (χ0n) is 15.9. The second-order valence-electron chi connectivity index (χ2n) is 7.97. The maximum absolute atomic E-state index is 13.1. The Hall–Kier alpha value is -1.59. The third-order valence-electron chi connectivity index (χ3n) is 6.14. The first-order valence-electron chi connectivity index (χ1n) is 10.2. The number of carbonyl (C=O) groups is 1. The lowest BCUT2D eigenvalue weighted by atomic mass is 9.88. The smallest absolute Gasteiger partial charge is 0.255 e. The van der Waals surface area contributed by atoms with E-state index in [0.29, 0.717) is 0 Å². The molecule has 1 spiro atoms. The van der Waals surface area contributed by atoms with Gasteiger partial charge >= 0.3 is 0 Å². The quantitative estimate of drug-likeness (QED) is 0.903. The predicted molar refractivity (Wildman–Crippen MR) is 104 cm³/mol. The molecule has 1 aromatic rings. The summed E-state index contributed by atoms with van der Waals surface area (Å²) < 4.78 is 6.22. The molecule has 1 amide bonds. The number of nitrogens with zero attached hydrogens (tertiary/aromatic N) is 2. The zero-order valence-corrected chi connectivity index (χ0v) is 15.9. The number of ether oxygens (including phenoxy) is 1. The highest BCUT2D eigenvalue weighted by molar-refractivity contribution is 6.00. The molecule has 1 N–H and O–H groups in total. The fraction of sp³-hybridized carbons (Fsp3) is 0.667. The normalized spacial score (nSPS) is 22.7. The van der Waals surface area contributed by atoms with Gasteiger partial charge in [0.2, 0.25) is 0 Å². The number of hydrogen-bond donors (Lipinski definition) is 1. The molecule has 3 heterocycles. The second-order valence-corrected chi connectivity index (χ2v) is 7.97. The molecule has 3 aliphatic rings. The van der Waals surface area contributed by atoms with E-state index in [1.807, 2.05) is 17.0 Å². The summed E-state index contributed by atoms with van der Waals surface area (Å²) in [7, 11) is 0. The highest BCUT2D eigenvalue weighted by Crippen LogP contribution is 2.32. The monoisotopic (exact) mass is 357 g/mol. The number of morpholine rings is 1. The lowest BCUT2D eigenvalue weighted by molar-refractivity contribution is -0.132. The van der Waals surface area contributed by atoms with Crippen molar-refractivity contribution in [2.45, 2.75) is 44.6 Å². The first-order chi connectivity index (χ1) is 12.7. The highest BCUT2D eigenvalue weighted by atomic mass is 16.5. The molecule has 142 valence electrons. The minimum atomic E-state index is -0.0431. The molecule has 0 unspecified atom stereocenters. The highest BCUT2D eigenvalue weighted by Gasteiger charge is 2.40. The van der Waals surface area contributed by atoms with Gasteiger partial charge in [0, 0.05) is 32.7 Å². The van der Waals surface area contributed by atoms with Crippen LogP contribution in [0.4, 0.5) is 5.69 Å². The van der Waals surface area contributed by atoms with Crippen LogP contribution < -0.4 is 5.32 Å². The van der Waals surface area contributed by atoms with E-state index >= 15 is 0 Å². The number of benzene rings is 1. The molecule has 0 bridgehead atoms. The van der Waals surface area contributed by atoms with Crippen molar-refractivity contribution in [2.24, 2.45) is 0 Å². The van der Waals surface area contributed by atoms with E-state index in [9.17, 15) is 4.79 Å². The van der Waals surface area contributed by atoms with E-state index in [1.54, 1.807) is 0 Å². The van der Waals surface area contributed by atoms with Crippen molar-refractivity contribution in [3.63, 3.8) is 0 Å². The van der Waals surface area contributed by atoms with E-state index < -0.39 is 0 Å². The summed E-state index contributed by atoms with van der Waals surface area (Å²) in [4.78, 5) is 17.7. The van der Waals surface area contributed by atoms with Crippen molar-refractivity contribution < 1.29 is 9.53 Å². The molecule has 0 aromatic heterocycles. The van der Waals surface area contributed by atoms with Crippen LogP contribution in [0.15, 0.2) is 18.2 Å². The Morgan fingerprint density at radius 3 is 2.92 bits per heavy atom. The van der Waals surface area contributed by atoms with Crippen molar-refractivity contribution >= 4 is 11.6 Å². The second kappa shape index (κ2) is 7.57. The van der Waals surface area contributed by atoms with Crippen molar-refractivity contribution in [1.82, 2.24) is 9.80 Å². The van der Waals surface area contributed by atoms with E-state index in [1.165, 1.54) is 12.0 Å². The molecule has 1 aromatic carbocycles. The van der Waals surface area contributed by atoms with Crippen LogP contribution in [0, 0.1) is 0 Å². The third kappa shape index (κ3) is 3.47. The summed E-state index contributed by atoms with van der Waals surface area (Å²) in [5.74, 6) is 0.173. The molecule has 3 aliphatic heterocycles. The lowest BCUT2D eigenvalue weighted by Crippen LogP contribution is -2.57. The summed E-state index contributed by atoms with van der Waals surface area (Å²) in [6.45, 7) is 8.81. The fourth-order valence-electron chi connectivity index (χ4n) is 4.71. The molecule has 4 rings (SSSR count). The van der Waals surface area contributed by atoms with Crippen LogP contribution in [-0.2, 0) is 11.2 Å². The summed E-state index contributed by atoms with van der Waals surface area (Å²) in [6, 6.07) is 6.14. The molecule has 5 nitrogen and oxygen atoms in total. The Bertz CT molecular complexity index is 651. The number of likely N-dealkylation sites (tertiary alicyclic amines) is 1. The van der Waals surface area contributed by atoms with Crippen LogP contribution in [-0.4, -0.2) is 67.2 Å². The van der Waals surface area contributed by atoms with Gasteiger partial charge in [0.1, 0.15) is 0 Å². The number of hydrogen-bond acceptors (Lipinski definition) is 4. The molecule has 2 fully saturated rings. The van der Waals surface area contributed by atoms with Gasteiger partial charge in [-0.05, 0) is 50.3 Å². The van der Waals surface area contributed by atoms with E-state index in [2.05, 4.69) is 23.2 Å². The average molecular weight is 357 g/mol. The van der Waals surface area contributed by atoms with Crippen molar-refractivity contribution in [3.05, 3.63) is 29.3 Å². The van der Waals surface area contributed by atoms with Gasteiger partial charge in [0.25, 0.3) is 5.91 Å². The summed E-state index contributed by atoms with van der Waals surface area (Å²) in [5, 5.41) is 3.45. The van der Waals surface area contributed by atoms with Crippen LogP contribution in [0.5, 0.6) is 0 Å². The van der Waals surface area contributed by atoms with Gasteiger partial charge < -0.3 is 15.0 Å². The van der Waals surface area contributed by atoms with Crippen molar-refractivity contribution in [3.8, 4) is 0 Å². The first-order valence-corrected chi connectivity index (χ1v) is 10.2. The van der Waals surface area contributed by atoms with Gasteiger partial charge in [0.05, 0.1) is 23.5 Å². The Labute approximate surface area is 156 Å². The Balaban J connectivity index is 1.43. The summed E-state index contributed by atoms with van der Waals surface area (Å²) in [6.07, 6.45) is 5.28. The molecular weight excluding hydrogens is 326 g/mol. The van der Waals surface area contributed by atoms with Crippen molar-refractivity contribution in [1.29, 1.82) is 0 Å². The summed E-state index contributed by atoms with van der Waals surface area (Å²) in [5.41, 5.74) is 3.14. The molecule has 0 atom stereocenters. The minimum absolute atomic E-state index is 0.0431. The first kappa shape index (κ1) is 17.8. The Kier molecular flexibility index (Phi) is 5.18. The third-order valence-corrected chi connectivity index (χ3v) is 6.14. The molecule has 5 heteroatoms. The zero-order chi connectivity index (χ0) is 18.0. The van der Waals surface area contributed by atoms with Gasteiger partial charge in [-0.2, -0.15) is 0 Å². The van der Waals surface area contributed by atoms with E-state index in [0.717, 1.165) is 82.8 Å². The number of rotatable bonds is 3. The number of aryl methyl sites for hydroxylation is 1. The van der Waals surface area contributed by atoms with Crippen LogP contribution in [0.25, 0.3) is 0 Å². The van der Waals surface area contributed by atoms with Gasteiger partial charge in [-0.1, -0.05) is 19.1 Å².